The first-order chi connectivity index (χ1) is 12.6. The number of ether oxygens (including phenoxy) is 1. The van der Waals surface area contributed by atoms with Crippen molar-refractivity contribution in [2.24, 2.45) is 0 Å². The van der Waals surface area contributed by atoms with Crippen LogP contribution < -0.4 is 10.3 Å². The van der Waals surface area contributed by atoms with Gasteiger partial charge >= 0.3 is 0 Å². The fourth-order valence-corrected chi connectivity index (χ4v) is 4.17. The molecule has 0 aliphatic carbocycles. The fourth-order valence-electron chi connectivity index (χ4n) is 3.21. The van der Waals surface area contributed by atoms with Gasteiger partial charge in [-0.1, -0.05) is 0 Å². The molecule has 1 aliphatic heterocycles. The minimum atomic E-state index is -0.0135. The fraction of sp³-hybridized carbons (Fsp3) is 0.316. The molecule has 0 radical (unpaired) electrons. The third-order valence-corrected chi connectivity index (χ3v) is 5.57. The van der Waals surface area contributed by atoms with Crippen LogP contribution in [-0.2, 0) is 19.5 Å². The number of hydrogen-bond donors (Lipinski definition) is 1. The molecule has 26 heavy (non-hydrogen) atoms. The summed E-state index contributed by atoms with van der Waals surface area (Å²) in [4.78, 5) is 27.5. The largest absolute Gasteiger partial charge is 0.497 e. The highest BCUT2D eigenvalue weighted by molar-refractivity contribution is 7.15. The molecule has 0 unspecified atom stereocenters. The van der Waals surface area contributed by atoms with Gasteiger partial charge in [-0.2, -0.15) is 0 Å². The number of benzene rings is 1. The maximum Gasteiger partial charge on any atom is 0.255 e. The number of methoxy groups -OCH3 is 1. The monoisotopic (exact) mass is 368 g/mol. The highest BCUT2D eigenvalue weighted by Crippen LogP contribution is 2.28. The van der Waals surface area contributed by atoms with E-state index in [0.717, 1.165) is 47.1 Å². The SMILES string of the molecule is COc1ccc(-c2ncc(CN3CCc4nc(C)[nH]c(=O)c4C3)s2)cc1. The Bertz CT molecular complexity index is 978. The minimum absolute atomic E-state index is 0.0135. The van der Waals surface area contributed by atoms with Crippen LogP contribution in [-0.4, -0.2) is 33.5 Å². The van der Waals surface area contributed by atoms with Gasteiger partial charge < -0.3 is 9.72 Å². The van der Waals surface area contributed by atoms with Gasteiger partial charge in [0.05, 0.1) is 18.4 Å². The summed E-state index contributed by atoms with van der Waals surface area (Å²) >= 11 is 1.69. The molecule has 6 nitrogen and oxygen atoms in total. The predicted octanol–water partition coefficient (Wildman–Crippen LogP) is 2.77. The number of H-pyrrole nitrogens is 1. The number of nitrogens with one attached hydrogen (secondary N) is 1. The summed E-state index contributed by atoms with van der Waals surface area (Å²) in [5.74, 6) is 1.53. The van der Waals surface area contributed by atoms with Gasteiger partial charge in [-0.05, 0) is 31.2 Å². The van der Waals surface area contributed by atoms with Crippen LogP contribution in [0.4, 0.5) is 0 Å². The lowest BCUT2D eigenvalue weighted by molar-refractivity contribution is 0.243. The molecule has 3 heterocycles. The van der Waals surface area contributed by atoms with Crippen molar-refractivity contribution < 1.29 is 4.74 Å². The second-order valence-corrected chi connectivity index (χ2v) is 7.51. The quantitative estimate of drug-likeness (QED) is 0.767. The van der Waals surface area contributed by atoms with Gasteiger partial charge in [0.25, 0.3) is 5.56 Å². The summed E-state index contributed by atoms with van der Waals surface area (Å²) in [6.07, 6.45) is 2.74. The molecule has 1 aliphatic rings. The lowest BCUT2D eigenvalue weighted by Gasteiger charge is -2.26. The number of nitrogens with zero attached hydrogens (tertiary/aromatic N) is 3. The number of aromatic amines is 1. The van der Waals surface area contributed by atoms with E-state index in [2.05, 4.69) is 19.9 Å². The second-order valence-electron chi connectivity index (χ2n) is 6.40. The smallest absolute Gasteiger partial charge is 0.255 e. The highest BCUT2D eigenvalue weighted by atomic mass is 32.1. The zero-order valence-corrected chi connectivity index (χ0v) is 15.6. The van der Waals surface area contributed by atoms with E-state index >= 15 is 0 Å². The van der Waals surface area contributed by atoms with Gasteiger partial charge in [0.1, 0.15) is 16.6 Å². The Balaban J connectivity index is 1.48. The first-order valence-corrected chi connectivity index (χ1v) is 9.34. The summed E-state index contributed by atoms with van der Waals surface area (Å²) in [6, 6.07) is 7.93. The Labute approximate surface area is 155 Å². The Morgan fingerprint density at radius 3 is 2.88 bits per heavy atom. The Morgan fingerprint density at radius 1 is 1.31 bits per heavy atom. The van der Waals surface area contributed by atoms with Crippen molar-refractivity contribution in [3.8, 4) is 16.3 Å². The van der Waals surface area contributed by atoms with Crippen LogP contribution >= 0.6 is 11.3 Å². The number of hydrogen-bond acceptors (Lipinski definition) is 6. The zero-order valence-electron chi connectivity index (χ0n) is 14.8. The molecule has 7 heteroatoms. The summed E-state index contributed by atoms with van der Waals surface area (Å²) in [5, 5.41) is 0.996. The van der Waals surface area contributed by atoms with Crippen LogP contribution in [0, 0.1) is 6.92 Å². The molecule has 0 fully saturated rings. The van der Waals surface area contributed by atoms with Gasteiger partial charge in [0, 0.05) is 42.7 Å². The molecule has 1 N–H and O–H groups in total. The van der Waals surface area contributed by atoms with Crippen LogP contribution in [0.25, 0.3) is 10.6 Å². The van der Waals surface area contributed by atoms with Crippen LogP contribution in [0.3, 0.4) is 0 Å². The molecule has 134 valence electrons. The third-order valence-electron chi connectivity index (χ3n) is 4.54. The zero-order chi connectivity index (χ0) is 18.1. The van der Waals surface area contributed by atoms with Crippen LogP contribution in [0.1, 0.15) is 22.0 Å². The molecular weight excluding hydrogens is 348 g/mol. The maximum absolute atomic E-state index is 12.2. The van der Waals surface area contributed by atoms with E-state index in [9.17, 15) is 4.79 Å². The number of thiazole rings is 1. The molecule has 1 aromatic carbocycles. The minimum Gasteiger partial charge on any atom is -0.497 e. The Kier molecular flexibility index (Phi) is 4.57. The number of fused-ring (bicyclic) bond motifs is 1. The number of rotatable bonds is 4. The van der Waals surface area contributed by atoms with Gasteiger partial charge in [-0.25, -0.2) is 9.97 Å². The Hall–Kier alpha value is -2.51. The molecule has 4 rings (SSSR count). The van der Waals surface area contributed by atoms with Crippen LogP contribution in [0.15, 0.2) is 35.3 Å². The van der Waals surface area contributed by atoms with Crippen molar-refractivity contribution >= 4 is 11.3 Å². The van der Waals surface area contributed by atoms with E-state index in [0.29, 0.717) is 12.4 Å². The number of aryl methyl sites for hydroxylation is 1. The van der Waals surface area contributed by atoms with E-state index in [1.165, 1.54) is 4.88 Å². The van der Waals surface area contributed by atoms with Crippen molar-refractivity contribution in [3.63, 3.8) is 0 Å². The van der Waals surface area contributed by atoms with E-state index in [1.807, 2.05) is 37.4 Å². The van der Waals surface area contributed by atoms with E-state index in [1.54, 1.807) is 18.4 Å². The summed E-state index contributed by atoms with van der Waals surface area (Å²) in [5.41, 5.74) is 2.80. The average molecular weight is 368 g/mol. The Morgan fingerprint density at radius 2 is 2.12 bits per heavy atom. The molecule has 3 aromatic rings. The van der Waals surface area contributed by atoms with Crippen molar-refractivity contribution in [2.45, 2.75) is 26.4 Å². The summed E-state index contributed by atoms with van der Waals surface area (Å²) in [6.45, 7) is 4.15. The molecule has 0 saturated heterocycles. The van der Waals surface area contributed by atoms with E-state index < -0.39 is 0 Å². The van der Waals surface area contributed by atoms with Crippen LogP contribution in [0.2, 0.25) is 0 Å². The van der Waals surface area contributed by atoms with Crippen molar-refractivity contribution in [1.82, 2.24) is 19.9 Å². The summed E-state index contributed by atoms with van der Waals surface area (Å²) < 4.78 is 5.20. The lowest BCUT2D eigenvalue weighted by atomic mass is 10.1. The molecule has 2 aromatic heterocycles. The molecule has 0 bridgehead atoms. The first-order valence-electron chi connectivity index (χ1n) is 8.52. The van der Waals surface area contributed by atoms with Crippen molar-refractivity contribution in [1.29, 1.82) is 0 Å². The van der Waals surface area contributed by atoms with Gasteiger partial charge in [0.2, 0.25) is 0 Å². The highest BCUT2D eigenvalue weighted by Gasteiger charge is 2.21. The second kappa shape index (κ2) is 7.01. The first kappa shape index (κ1) is 16.9. The van der Waals surface area contributed by atoms with Crippen molar-refractivity contribution in [2.75, 3.05) is 13.7 Å². The lowest BCUT2D eigenvalue weighted by Crippen LogP contribution is -2.35. The van der Waals surface area contributed by atoms with E-state index in [4.69, 9.17) is 4.74 Å². The van der Waals surface area contributed by atoms with Gasteiger partial charge in [0.15, 0.2) is 0 Å². The maximum atomic E-state index is 12.2. The molecule has 0 atom stereocenters. The normalized spacial score (nSPS) is 14.2. The van der Waals surface area contributed by atoms with E-state index in [-0.39, 0.29) is 5.56 Å². The van der Waals surface area contributed by atoms with Gasteiger partial charge in [-0.15, -0.1) is 11.3 Å². The average Bonchev–Trinajstić information content (AvgIpc) is 3.11. The molecular formula is C19H20N4O2S. The summed E-state index contributed by atoms with van der Waals surface area (Å²) in [7, 11) is 1.66. The van der Waals surface area contributed by atoms with Crippen LogP contribution in [0.5, 0.6) is 5.75 Å². The van der Waals surface area contributed by atoms with Gasteiger partial charge in [-0.3, -0.25) is 9.69 Å². The predicted molar refractivity (Wildman–Crippen MR) is 102 cm³/mol. The molecule has 0 amide bonds. The topological polar surface area (TPSA) is 71.1 Å². The standard InChI is InChI=1S/C19H20N4O2S/c1-12-21-17-7-8-23(11-16(17)18(24)22-12)10-15-9-20-19(26-15)13-3-5-14(25-2)6-4-13/h3-6,9H,7-8,10-11H2,1-2H3,(H,21,22,24). The molecule has 0 saturated carbocycles. The molecule has 0 spiro atoms. The third kappa shape index (κ3) is 3.40. The van der Waals surface area contributed by atoms with Crippen molar-refractivity contribution in [3.05, 3.63) is 62.8 Å². The number of aromatic nitrogens is 3.